The lowest BCUT2D eigenvalue weighted by Crippen LogP contribution is -2.07. The van der Waals surface area contributed by atoms with E-state index in [1.165, 1.54) is 12.1 Å². The average Bonchev–Trinajstić information content (AvgIpc) is 2.83. The summed E-state index contributed by atoms with van der Waals surface area (Å²) < 4.78 is 38.5. The van der Waals surface area contributed by atoms with Gasteiger partial charge in [-0.05, 0) is 23.8 Å². The first-order valence-electron chi connectivity index (χ1n) is 5.20. The largest absolute Gasteiger partial charge is 0.435 e. The van der Waals surface area contributed by atoms with Crippen molar-refractivity contribution in [2.45, 2.75) is 12.8 Å². The summed E-state index contributed by atoms with van der Waals surface area (Å²) in [6.45, 7) is 6.72. The number of aliphatic hydroxyl groups is 1. The van der Waals surface area contributed by atoms with Gasteiger partial charge in [-0.25, -0.2) is 0 Å². The number of halogens is 3. The van der Waals surface area contributed by atoms with Gasteiger partial charge in [0, 0.05) is 0 Å². The van der Waals surface area contributed by atoms with Crippen LogP contribution in [0.5, 0.6) is 0 Å². The Bertz CT molecular complexity index is 623. The van der Waals surface area contributed by atoms with Gasteiger partial charge >= 0.3 is 6.18 Å². The topological polar surface area (TPSA) is 42.4 Å². The number of alkyl halides is 3. The molecule has 0 saturated carbocycles. The van der Waals surface area contributed by atoms with Crippen LogP contribution in [0.3, 0.4) is 0 Å². The number of rotatable bonds is 2. The molecule has 1 heterocycles. The van der Waals surface area contributed by atoms with Crippen LogP contribution >= 0.6 is 0 Å². The molecule has 0 fully saturated rings. The van der Waals surface area contributed by atoms with Crippen LogP contribution in [0.25, 0.3) is 10.5 Å². The van der Waals surface area contributed by atoms with E-state index in [4.69, 9.17) is 11.7 Å². The number of hydrogen-bond acceptors (Lipinski definition) is 2. The standard InChI is InChI=1S/C12H8F3N3O/c1-16-11-6-10(12(13,14)15)17-18(11)9-4-2-8(7-19)3-5-9/h2-6,19H,7H2. The van der Waals surface area contributed by atoms with Gasteiger partial charge in [-0.3, -0.25) is 0 Å². The molecule has 7 heteroatoms. The highest BCUT2D eigenvalue weighted by Crippen LogP contribution is 2.32. The van der Waals surface area contributed by atoms with Crippen LogP contribution in [-0.4, -0.2) is 14.9 Å². The summed E-state index contributed by atoms with van der Waals surface area (Å²) in [5.41, 5.74) is -0.153. The Morgan fingerprint density at radius 2 is 1.89 bits per heavy atom. The molecule has 19 heavy (non-hydrogen) atoms. The Hall–Kier alpha value is -2.33. The minimum absolute atomic E-state index is 0.164. The molecular formula is C12H8F3N3O. The molecule has 0 saturated heterocycles. The molecule has 0 aliphatic heterocycles. The Morgan fingerprint density at radius 1 is 1.26 bits per heavy atom. The predicted octanol–water partition coefficient (Wildman–Crippen LogP) is 2.93. The van der Waals surface area contributed by atoms with Crippen molar-refractivity contribution in [1.29, 1.82) is 0 Å². The summed E-state index contributed by atoms with van der Waals surface area (Å²) in [6, 6.07) is 6.80. The maximum absolute atomic E-state index is 12.5. The van der Waals surface area contributed by atoms with Gasteiger partial charge < -0.3 is 9.95 Å². The van der Waals surface area contributed by atoms with E-state index in [9.17, 15) is 13.2 Å². The lowest BCUT2D eigenvalue weighted by atomic mass is 10.2. The van der Waals surface area contributed by atoms with Crippen molar-refractivity contribution in [2.24, 2.45) is 0 Å². The van der Waals surface area contributed by atoms with E-state index in [0.29, 0.717) is 17.3 Å². The van der Waals surface area contributed by atoms with Crippen molar-refractivity contribution in [1.82, 2.24) is 9.78 Å². The molecular weight excluding hydrogens is 259 g/mol. The number of aromatic nitrogens is 2. The maximum atomic E-state index is 12.5. The third-order valence-electron chi connectivity index (χ3n) is 2.46. The van der Waals surface area contributed by atoms with E-state index in [1.807, 2.05) is 0 Å². The molecule has 0 bridgehead atoms. The monoisotopic (exact) mass is 267 g/mol. The minimum atomic E-state index is -4.59. The Labute approximate surface area is 106 Å². The summed E-state index contributed by atoms with van der Waals surface area (Å²) in [5, 5.41) is 12.3. The molecule has 1 aromatic carbocycles. The van der Waals surface area contributed by atoms with Crippen LogP contribution in [0, 0.1) is 6.57 Å². The summed E-state index contributed by atoms with van der Waals surface area (Å²) in [6.07, 6.45) is -4.59. The highest BCUT2D eigenvalue weighted by molar-refractivity contribution is 5.48. The van der Waals surface area contributed by atoms with Crippen LogP contribution in [0.15, 0.2) is 30.3 Å². The number of aliphatic hydroxyl groups excluding tert-OH is 1. The molecule has 0 atom stereocenters. The van der Waals surface area contributed by atoms with Gasteiger partial charge in [0.15, 0.2) is 5.69 Å². The maximum Gasteiger partial charge on any atom is 0.435 e. The molecule has 98 valence electrons. The number of benzene rings is 1. The second-order valence-electron chi connectivity index (χ2n) is 3.73. The summed E-state index contributed by atoms with van der Waals surface area (Å²) in [7, 11) is 0. The van der Waals surface area contributed by atoms with Crippen molar-refractivity contribution in [3.63, 3.8) is 0 Å². The molecule has 0 aliphatic rings. The third kappa shape index (κ3) is 2.58. The van der Waals surface area contributed by atoms with Crippen molar-refractivity contribution in [3.05, 3.63) is 53.0 Å². The molecule has 4 nitrogen and oxygen atoms in total. The summed E-state index contributed by atoms with van der Waals surface area (Å²) in [5.74, 6) is -0.218. The molecule has 1 N–H and O–H groups in total. The highest BCUT2D eigenvalue weighted by Gasteiger charge is 2.36. The molecule has 0 spiro atoms. The van der Waals surface area contributed by atoms with Crippen molar-refractivity contribution in [2.75, 3.05) is 0 Å². The van der Waals surface area contributed by atoms with E-state index in [0.717, 1.165) is 4.68 Å². The number of nitrogens with zero attached hydrogens (tertiary/aromatic N) is 3. The first-order valence-corrected chi connectivity index (χ1v) is 5.20. The van der Waals surface area contributed by atoms with E-state index in [-0.39, 0.29) is 12.4 Å². The second-order valence-corrected chi connectivity index (χ2v) is 3.73. The van der Waals surface area contributed by atoms with E-state index in [2.05, 4.69) is 9.94 Å². The van der Waals surface area contributed by atoms with Gasteiger partial charge in [-0.2, -0.15) is 17.9 Å². The molecule has 0 amide bonds. The fraction of sp³-hybridized carbons (Fsp3) is 0.167. The zero-order chi connectivity index (χ0) is 14.0. The van der Waals surface area contributed by atoms with Crippen LogP contribution in [-0.2, 0) is 12.8 Å². The van der Waals surface area contributed by atoms with Crippen LogP contribution < -0.4 is 0 Å². The quantitative estimate of drug-likeness (QED) is 0.850. The van der Waals surface area contributed by atoms with Crippen LogP contribution in [0.1, 0.15) is 11.3 Å². The summed E-state index contributed by atoms with van der Waals surface area (Å²) in [4.78, 5) is 3.02. The highest BCUT2D eigenvalue weighted by atomic mass is 19.4. The smallest absolute Gasteiger partial charge is 0.392 e. The van der Waals surface area contributed by atoms with Crippen molar-refractivity contribution in [3.8, 4) is 5.69 Å². The molecule has 2 aromatic rings. The van der Waals surface area contributed by atoms with Crippen LogP contribution in [0.4, 0.5) is 19.0 Å². The van der Waals surface area contributed by atoms with Gasteiger partial charge in [0.2, 0.25) is 0 Å². The zero-order valence-corrected chi connectivity index (χ0v) is 9.52. The van der Waals surface area contributed by atoms with Gasteiger partial charge in [0.1, 0.15) is 5.69 Å². The van der Waals surface area contributed by atoms with Crippen molar-refractivity contribution >= 4 is 5.82 Å². The average molecular weight is 267 g/mol. The van der Waals surface area contributed by atoms with Gasteiger partial charge in [-0.15, -0.1) is 0 Å². The predicted molar refractivity (Wildman–Crippen MR) is 60.8 cm³/mol. The Kier molecular flexibility index (Phi) is 3.27. The van der Waals surface area contributed by atoms with Crippen molar-refractivity contribution < 1.29 is 18.3 Å². The lowest BCUT2D eigenvalue weighted by molar-refractivity contribution is -0.141. The molecule has 2 rings (SSSR count). The summed E-state index contributed by atoms with van der Waals surface area (Å²) >= 11 is 0. The second kappa shape index (κ2) is 4.74. The normalized spacial score (nSPS) is 11.3. The first-order chi connectivity index (χ1) is 8.95. The fourth-order valence-electron chi connectivity index (χ4n) is 1.52. The van der Waals surface area contributed by atoms with E-state index in [1.54, 1.807) is 12.1 Å². The Morgan fingerprint density at radius 3 is 2.37 bits per heavy atom. The van der Waals surface area contributed by atoms with Crippen LogP contribution in [0.2, 0.25) is 0 Å². The van der Waals surface area contributed by atoms with Gasteiger partial charge in [-0.1, -0.05) is 23.8 Å². The van der Waals surface area contributed by atoms with Gasteiger partial charge in [0.25, 0.3) is 5.82 Å². The first kappa shape index (κ1) is 13.1. The molecule has 1 aromatic heterocycles. The SMILES string of the molecule is [C-]#[N+]c1cc(C(F)(F)F)nn1-c1ccc(CO)cc1. The number of hydrogen-bond donors (Lipinski definition) is 1. The third-order valence-corrected chi connectivity index (χ3v) is 2.46. The lowest BCUT2D eigenvalue weighted by Gasteiger charge is -2.01. The van der Waals surface area contributed by atoms with E-state index >= 15 is 0 Å². The zero-order valence-electron chi connectivity index (χ0n) is 9.52. The van der Waals surface area contributed by atoms with E-state index < -0.39 is 11.9 Å². The molecule has 0 aliphatic carbocycles. The minimum Gasteiger partial charge on any atom is -0.392 e. The molecule has 0 unspecified atom stereocenters. The Balaban J connectivity index is 2.49. The van der Waals surface area contributed by atoms with Gasteiger partial charge in [0.05, 0.1) is 6.61 Å². The molecule has 0 radical (unpaired) electrons. The fourth-order valence-corrected chi connectivity index (χ4v) is 1.52.